The Labute approximate surface area is 198 Å². The quantitative estimate of drug-likeness (QED) is 0.237. The molecule has 31 heavy (non-hydrogen) atoms. The molecule has 0 bridgehead atoms. The standard InChI is InChI=1S/C28H25IO2/c1-20-4-12-24(13-5-20)30-25-14-6-21(7-15-25)28(2,3)22-8-16-26(17-9-22)31-27-18-10-23(29)11-19-27/h4-19H,1-3H3. The molecule has 0 saturated heterocycles. The van der Waals surface area contributed by atoms with Crippen molar-refractivity contribution in [2.45, 2.75) is 26.2 Å². The second-order valence-electron chi connectivity index (χ2n) is 8.14. The fourth-order valence-corrected chi connectivity index (χ4v) is 3.79. The van der Waals surface area contributed by atoms with Gasteiger partial charge in [-0.2, -0.15) is 0 Å². The summed E-state index contributed by atoms with van der Waals surface area (Å²) in [5.74, 6) is 3.37. The molecule has 0 N–H and O–H groups in total. The zero-order valence-electron chi connectivity index (χ0n) is 17.9. The first kappa shape index (κ1) is 21.4. The van der Waals surface area contributed by atoms with E-state index in [0.717, 1.165) is 23.0 Å². The monoisotopic (exact) mass is 520 g/mol. The predicted molar refractivity (Wildman–Crippen MR) is 135 cm³/mol. The van der Waals surface area contributed by atoms with E-state index in [-0.39, 0.29) is 5.41 Å². The molecule has 0 unspecified atom stereocenters. The van der Waals surface area contributed by atoms with Crippen molar-refractivity contribution in [3.63, 3.8) is 0 Å². The van der Waals surface area contributed by atoms with E-state index in [4.69, 9.17) is 9.47 Å². The van der Waals surface area contributed by atoms with Crippen LogP contribution in [-0.2, 0) is 5.41 Å². The van der Waals surface area contributed by atoms with Crippen LogP contribution in [0.3, 0.4) is 0 Å². The molecule has 0 aliphatic rings. The number of hydrogen-bond donors (Lipinski definition) is 0. The van der Waals surface area contributed by atoms with Gasteiger partial charge in [-0.15, -0.1) is 0 Å². The van der Waals surface area contributed by atoms with Gasteiger partial charge in [-0.25, -0.2) is 0 Å². The predicted octanol–water partition coefficient (Wildman–Crippen LogP) is 8.51. The van der Waals surface area contributed by atoms with E-state index in [1.165, 1.54) is 20.3 Å². The summed E-state index contributed by atoms with van der Waals surface area (Å²) in [4.78, 5) is 0. The molecule has 3 heteroatoms. The molecule has 0 radical (unpaired) electrons. The van der Waals surface area contributed by atoms with Gasteiger partial charge in [-0.1, -0.05) is 55.8 Å². The van der Waals surface area contributed by atoms with Crippen LogP contribution >= 0.6 is 22.6 Å². The van der Waals surface area contributed by atoms with Gasteiger partial charge < -0.3 is 9.47 Å². The summed E-state index contributed by atoms with van der Waals surface area (Å²) in [6.07, 6.45) is 0. The highest BCUT2D eigenvalue weighted by molar-refractivity contribution is 14.1. The maximum atomic E-state index is 5.97. The number of halogens is 1. The van der Waals surface area contributed by atoms with Crippen molar-refractivity contribution in [1.29, 1.82) is 0 Å². The van der Waals surface area contributed by atoms with Crippen LogP contribution in [-0.4, -0.2) is 0 Å². The van der Waals surface area contributed by atoms with Gasteiger partial charge in [0.15, 0.2) is 0 Å². The average molecular weight is 520 g/mol. The lowest BCUT2D eigenvalue weighted by molar-refractivity contribution is 0.481. The van der Waals surface area contributed by atoms with Crippen molar-refractivity contribution in [2.75, 3.05) is 0 Å². The summed E-state index contributed by atoms with van der Waals surface area (Å²) >= 11 is 2.29. The maximum absolute atomic E-state index is 5.97. The molecule has 2 nitrogen and oxygen atoms in total. The molecule has 0 fully saturated rings. The Morgan fingerprint density at radius 1 is 0.516 bits per heavy atom. The minimum absolute atomic E-state index is 0.135. The van der Waals surface area contributed by atoms with Gasteiger partial charge in [0.1, 0.15) is 23.0 Å². The molecule has 0 atom stereocenters. The molecule has 0 heterocycles. The Balaban J connectivity index is 1.46. The minimum Gasteiger partial charge on any atom is -0.457 e. The van der Waals surface area contributed by atoms with Crippen molar-refractivity contribution in [3.8, 4) is 23.0 Å². The Morgan fingerprint density at radius 2 is 0.839 bits per heavy atom. The number of benzene rings is 4. The number of rotatable bonds is 6. The van der Waals surface area contributed by atoms with Crippen LogP contribution in [0.25, 0.3) is 0 Å². The van der Waals surface area contributed by atoms with Crippen LogP contribution < -0.4 is 9.47 Å². The molecular formula is C28H25IO2. The smallest absolute Gasteiger partial charge is 0.127 e. The first-order valence-corrected chi connectivity index (χ1v) is 11.4. The first-order valence-electron chi connectivity index (χ1n) is 10.3. The number of aryl methyl sites for hydroxylation is 1. The Bertz CT molecular complexity index is 1030. The fraction of sp³-hybridized carbons (Fsp3) is 0.143. The highest BCUT2D eigenvalue weighted by atomic mass is 127. The van der Waals surface area contributed by atoms with E-state index in [1.54, 1.807) is 0 Å². The summed E-state index contributed by atoms with van der Waals surface area (Å²) in [6.45, 7) is 6.54. The average Bonchev–Trinajstić information content (AvgIpc) is 2.78. The van der Waals surface area contributed by atoms with E-state index in [1.807, 2.05) is 60.7 Å². The second kappa shape index (κ2) is 9.15. The zero-order valence-corrected chi connectivity index (χ0v) is 20.1. The van der Waals surface area contributed by atoms with E-state index < -0.39 is 0 Å². The van der Waals surface area contributed by atoms with Gasteiger partial charge >= 0.3 is 0 Å². The Morgan fingerprint density at radius 3 is 1.23 bits per heavy atom. The number of ether oxygens (including phenoxy) is 2. The lowest BCUT2D eigenvalue weighted by Gasteiger charge is -2.26. The molecule has 0 aliphatic heterocycles. The lowest BCUT2D eigenvalue weighted by Crippen LogP contribution is -2.18. The third-order valence-corrected chi connectivity index (χ3v) is 6.18. The lowest BCUT2D eigenvalue weighted by atomic mass is 9.78. The van der Waals surface area contributed by atoms with Crippen molar-refractivity contribution in [1.82, 2.24) is 0 Å². The molecule has 0 aromatic heterocycles. The van der Waals surface area contributed by atoms with Crippen LogP contribution in [0, 0.1) is 10.5 Å². The van der Waals surface area contributed by atoms with Gasteiger partial charge in [0, 0.05) is 8.99 Å². The van der Waals surface area contributed by atoms with Crippen molar-refractivity contribution < 1.29 is 9.47 Å². The summed E-state index contributed by atoms with van der Waals surface area (Å²) in [7, 11) is 0. The first-order chi connectivity index (χ1) is 14.9. The number of hydrogen-bond acceptors (Lipinski definition) is 2. The third kappa shape index (κ3) is 5.28. The normalized spacial score (nSPS) is 11.2. The van der Waals surface area contributed by atoms with Crippen molar-refractivity contribution in [3.05, 3.63) is 117 Å². The van der Waals surface area contributed by atoms with Gasteiger partial charge in [0.25, 0.3) is 0 Å². The van der Waals surface area contributed by atoms with E-state index in [0.29, 0.717) is 0 Å². The minimum atomic E-state index is -0.135. The summed E-state index contributed by atoms with van der Waals surface area (Å²) < 4.78 is 13.1. The van der Waals surface area contributed by atoms with E-state index >= 15 is 0 Å². The molecule has 4 rings (SSSR count). The highest BCUT2D eigenvalue weighted by Crippen LogP contribution is 2.34. The molecule has 0 spiro atoms. The van der Waals surface area contributed by atoms with Gasteiger partial charge in [0.2, 0.25) is 0 Å². The van der Waals surface area contributed by atoms with E-state index in [2.05, 4.69) is 79.8 Å². The molecular weight excluding hydrogens is 495 g/mol. The molecule has 0 amide bonds. The largest absolute Gasteiger partial charge is 0.457 e. The van der Waals surface area contributed by atoms with Crippen LogP contribution in [0.5, 0.6) is 23.0 Å². The van der Waals surface area contributed by atoms with Crippen LogP contribution in [0.15, 0.2) is 97.1 Å². The SMILES string of the molecule is Cc1ccc(Oc2ccc(C(C)(C)c3ccc(Oc4ccc(I)cc4)cc3)cc2)cc1. The third-order valence-electron chi connectivity index (χ3n) is 5.46. The summed E-state index contributed by atoms with van der Waals surface area (Å²) in [6, 6.07) is 32.8. The fourth-order valence-electron chi connectivity index (χ4n) is 3.43. The summed E-state index contributed by atoms with van der Waals surface area (Å²) in [5.41, 5.74) is 3.55. The van der Waals surface area contributed by atoms with Crippen LogP contribution in [0.2, 0.25) is 0 Å². The zero-order chi connectivity index (χ0) is 21.8. The van der Waals surface area contributed by atoms with Crippen LogP contribution in [0.4, 0.5) is 0 Å². The van der Waals surface area contributed by atoms with Gasteiger partial charge in [-0.05, 0) is 101 Å². The van der Waals surface area contributed by atoms with Gasteiger partial charge in [0.05, 0.1) is 0 Å². The molecule has 0 aliphatic carbocycles. The molecule has 4 aromatic rings. The second-order valence-corrected chi connectivity index (χ2v) is 9.39. The molecule has 156 valence electrons. The maximum Gasteiger partial charge on any atom is 0.127 e. The van der Waals surface area contributed by atoms with Crippen molar-refractivity contribution in [2.24, 2.45) is 0 Å². The summed E-state index contributed by atoms with van der Waals surface area (Å²) in [5, 5.41) is 0. The van der Waals surface area contributed by atoms with Crippen molar-refractivity contribution >= 4 is 22.6 Å². The molecule has 0 saturated carbocycles. The van der Waals surface area contributed by atoms with Gasteiger partial charge in [-0.3, -0.25) is 0 Å². The highest BCUT2D eigenvalue weighted by Gasteiger charge is 2.23. The Kier molecular flexibility index (Phi) is 6.33. The topological polar surface area (TPSA) is 18.5 Å². The Hall–Kier alpha value is -2.79. The van der Waals surface area contributed by atoms with Crippen LogP contribution in [0.1, 0.15) is 30.5 Å². The van der Waals surface area contributed by atoms with E-state index in [9.17, 15) is 0 Å². The molecule has 4 aromatic carbocycles.